The SMILES string of the molecule is CNCCNC1CC(C)NC(NC(=O)Nc2cccc(C)c2)N1. The molecular weight excluding hydrogens is 292 g/mol. The Bertz CT molecular complexity index is 509. The smallest absolute Gasteiger partial charge is 0.318 e. The fraction of sp³-hybridized carbons (Fsp3) is 0.562. The van der Waals surface area contributed by atoms with Gasteiger partial charge in [-0.15, -0.1) is 0 Å². The molecule has 1 aromatic carbocycles. The van der Waals surface area contributed by atoms with Gasteiger partial charge in [0, 0.05) is 24.8 Å². The van der Waals surface area contributed by atoms with Gasteiger partial charge in [-0.05, 0) is 45.0 Å². The zero-order valence-corrected chi connectivity index (χ0v) is 14.1. The molecule has 1 aliphatic heterocycles. The normalized spacial score (nSPS) is 24.2. The Morgan fingerprint density at radius 2 is 2.13 bits per heavy atom. The molecule has 128 valence electrons. The summed E-state index contributed by atoms with van der Waals surface area (Å²) < 4.78 is 0. The van der Waals surface area contributed by atoms with E-state index in [4.69, 9.17) is 0 Å². The molecule has 0 aliphatic carbocycles. The molecule has 0 radical (unpaired) electrons. The molecule has 1 fully saturated rings. The predicted octanol–water partition coefficient (Wildman–Crippen LogP) is 0.507. The minimum absolute atomic E-state index is 0.170. The van der Waals surface area contributed by atoms with Crippen LogP contribution in [0.3, 0.4) is 0 Å². The van der Waals surface area contributed by atoms with Crippen LogP contribution in [0.5, 0.6) is 0 Å². The number of anilines is 1. The fourth-order valence-corrected chi connectivity index (χ4v) is 2.64. The molecule has 3 unspecified atom stereocenters. The monoisotopic (exact) mass is 320 g/mol. The molecule has 7 nitrogen and oxygen atoms in total. The molecule has 3 atom stereocenters. The summed E-state index contributed by atoms with van der Waals surface area (Å²) in [5.74, 6) is 0. The van der Waals surface area contributed by atoms with E-state index >= 15 is 0 Å². The molecule has 0 spiro atoms. The number of carbonyl (C=O) groups is 1. The summed E-state index contributed by atoms with van der Waals surface area (Å²) >= 11 is 0. The highest BCUT2D eigenvalue weighted by Crippen LogP contribution is 2.09. The van der Waals surface area contributed by atoms with E-state index in [0.29, 0.717) is 6.04 Å². The van der Waals surface area contributed by atoms with Crippen LogP contribution >= 0.6 is 0 Å². The van der Waals surface area contributed by atoms with Crippen LogP contribution < -0.4 is 31.9 Å². The van der Waals surface area contributed by atoms with Crippen LogP contribution in [-0.2, 0) is 0 Å². The van der Waals surface area contributed by atoms with Gasteiger partial charge in [0.2, 0.25) is 0 Å². The number of aryl methyl sites for hydroxylation is 1. The van der Waals surface area contributed by atoms with E-state index in [1.54, 1.807) is 0 Å². The van der Waals surface area contributed by atoms with E-state index in [2.05, 4.69) is 38.8 Å². The second kappa shape index (κ2) is 8.83. The maximum Gasteiger partial charge on any atom is 0.321 e. The van der Waals surface area contributed by atoms with Crippen LogP contribution in [0.15, 0.2) is 24.3 Å². The van der Waals surface area contributed by atoms with E-state index in [0.717, 1.165) is 30.8 Å². The third-order valence-electron chi connectivity index (χ3n) is 3.73. The average Bonchev–Trinajstić information content (AvgIpc) is 2.46. The minimum atomic E-state index is -0.268. The first-order valence-electron chi connectivity index (χ1n) is 8.11. The van der Waals surface area contributed by atoms with Gasteiger partial charge in [0.25, 0.3) is 0 Å². The van der Waals surface area contributed by atoms with Crippen molar-refractivity contribution in [3.63, 3.8) is 0 Å². The van der Waals surface area contributed by atoms with E-state index in [9.17, 15) is 4.79 Å². The Labute approximate surface area is 138 Å². The van der Waals surface area contributed by atoms with Crippen molar-refractivity contribution in [1.82, 2.24) is 26.6 Å². The first-order chi connectivity index (χ1) is 11.1. The van der Waals surface area contributed by atoms with Crippen LogP contribution in [-0.4, -0.2) is 44.7 Å². The fourth-order valence-electron chi connectivity index (χ4n) is 2.64. The van der Waals surface area contributed by atoms with Crippen molar-refractivity contribution in [2.45, 2.75) is 38.8 Å². The van der Waals surface area contributed by atoms with Gasteiger partial charge in [-0.3, -0.25) is 10.6 Å². The van der Waals surface area contributed by atoms with Crippen molar-refractivity contribution in [1.29, 1.82) is 0 Å². The molecule has 0 saturated carbocycles. The number of carbonyl (C=O) groups excluding carboxylic acids is 1. The van der Waals surface area contributed by atoms with Crippen molar-refractivity contribution in [3.8, 4) is 0 Å². The Morgan fingerprint density at radius 3 is 2.87 bits per heavy atom. The van der Waals surface area contributed by atoms with Crippen LogP contribution in [0, 0.1) is 6.92 Å². The van der Waals surface area contributed by atoms with Gasteiger partial charge in [-0.25, -0.2) is 4.79 Å². The van der Waals surface area contributed by atoms with Gasteiger partial charge >= 0.3 is 6.03 Å². The highest BCUT2D eigenvalue weighted by Gasteiger charge is 2.25. The van der Waals surface area contributed by atoms with E-state index in [1.807, 2.05) is 38.2 Å². The molecule has 2 rings (SSSR count). The third kappa shape index (κ3) is 6.15. The van der Waals surface area contributed by atoms with Crippen LogP contribution in [0.4, 0.5) is 10.5 Å². The Hall–Kier alpha value is -1.67. The topological polar surface area (TPSA) is 89.2 Å². The zero-order chi connectivity index (χ0) is 16.7. The summed E-state index contributed by atoms with van der Waals surface area (Å²) in [5.41, 5.74) is 1.90. The maximum atomic E-state index is 12.1. The molecule has 0 aromatic heterocycles. The maximum absolute atomic E-state index is 12.1. The van der Waals surface area contributed by atoms with E-state index in [1.165, 1.54) is 0 Å². The lowest BCUT2D eigenvalue weighted by atomic mass is 10.1. The van der Waals surface area contributed by atoms with Gasteiger partial charge in [-0.1, -0.05) is 12.1 Å². The Morgan fingerprint density at radius 1 is 1.30 bits per heavy atom. The third-order valence-corrected chi connectivity index (χ3v) is 3.73. The first-order valence-corrected chi connectivity index (χ1v) is 8.11. The van der Waals surface area contributed by atoms with E-state index < -0.39 is 0 Å². The Balaban J connectivity index is 1.82. The highest BCUT2D eigenvalue weighted by molar-refractivity contribution is 5.89. The molecule has 0 bridgehead atoms. The lowest BCUT2D eigenvalue weighted by Crippen LogP contribution is -2.68. The summed E-state index contributed by atoms with van der Waals surface area (Å²) in [6.45, 7) is 5.90. The second-order valence-electron chi connectivity index (χ2n) is 5.98. The largest absolute Gasteiger partial charge is 0.321 e. The number of hydrogen-bond donors (Lipinski definition) is 6. The van der Waals surface area contributed by atoms with Gasteiger partial charge in [0.1, 0.15) is 6.29 Å². The standard InChI is InChI=1S/C16H28N6O/c1-11-5-4-6-13(9-11)20-16(23)22-15-19-12(2)10-14(21-15)18-8-7-17-3/h4-6,9,12,14-15,17-19,21H,7-8,10H2,1-3H3,(H2,20,22,23). The molecule has 2 amide bonds. The summed E-state index contributed by atoms with van der Waals surface area (Å²) in [6, 6.07) is 7.81. The second-order valence-corrected chi connectivity index (χ2v) is 5.98. The summed E-state index contributed by atoms with van der Waals surface area (Å²) in [6.07, 6.45) is 0.862. The quantitative estimate of drug-likeness (QED) is 0.430. The molecule has 1 heterocycles. The number of hydrogen-bond acceptors (Lipinski definition) is 5. The number of nitrogens with one attached hydrogen (secondary N) is 6. The molecule has 1 aliphatic rings. The number of rotatable bonds is 6. The first kappa shape index (κ1) is 17.7. The van der Waals surface area contributed by atoms with E-state index in [-0.39, 0.29) is 18.5 Å². The molecule has 23 heavy (non-hydrogen) atoms. The van der Waals surface area contributed by atoms with Gasteiger partial charge in [-0.2, -0.15) is 0 Å². The number of amides is 2. The van der Waals surface area contributed by atoms with Gasteiger partial charge < -0.3 is 21.3 Å². The predicted molar refractivity (Wildman–Crippen MR) is 93.2 cm³/mol. The van der Waals surface area contributed by atoms with Crippen LogP contribution in [0.25, 0.3) is 0 Å². The zero-order valence-electron chi connectivity index (χ0n) is 14.1. The lowest BCUT2D eigenvalue weighted by Gasteiger charge is -2.36. The molecule has 1 aromatic rings. The summed E-state index contributed by atoms with van der Waals surface area (Å²) in [4.78, 5) is 12.1. The van der Waals surface area contributed by atoms with Crippen LogP contribution in [0.2, 0.25) is 0 Å². The lowest BCUT2D eigenvalue weighted by molar-refractivity contribution is 0.194. The molecular formula is C16H28N6O. The van der Waals surface area contributed by atoms with Crippen LogP contribution in [0.1, 0.15) is 18.9 Å². The highest BCUT2D eigenvalue weighted by atomic mass is 16.2. The minimum Gasteiger partial charge on any atom is -0.318 e. The summed E-state index contributed by atoms with van der Waals surface area (Å²) in [5, 5.41) is 19.0. The summed E-state index contributed by atoms with van der Waals surface area (Å²) in [7, 11) is 1.93. The van der Waals surface area contributed by atoms with Gasteiger partial charge in [0.05, 0.1) is 6.17 Å². The van der Waals surface area contributed by atoms with Crippen molar-refractivity contribution in [2.75, 3.05) is 25.5 Å². The number of likely N-dealkylation sites (N-methyl/N-ethyl adjacent to an activating group) is 1. The molecule has 1 saturated heterocycles. The number of benzene rings is 1. The van der Waals surface area contributed by atoms with Crippen molar-refractivity contribution >= 4 is 11.7 Å². The Kier molecular flexibility index (Phi) is 6.79. The number of urea groups is 1. The molecule has 7 heteroatoms. The molecule has 6 N–H and O–H groups in total. The van der Waals surface area contributed by atoms with Crippen molar-refractivity contribution in [3.05, 3.63) is 29.8 Å². The average molecular weight is 320 g/mol. The van der Waals surface area contributed by atoms with Gasteiger partial charge in [0.15, 0.2) is 0 Å². The van der Waals surface area contributed by atoms with Crippen molar-refractivity contribution in [2.24, 2.45) is 0 Å². The van der Waals surface area contributed by atoms with Crippen molar-refractivity contribution < 1.29 is 4.79 Å².